The molecule has 1 aliphatic rings. The van der Waals surface area contributed by atoms with Gasteiger partial charge in [0.25, 0.3) is 5.56 Å². The summed E-state index contributed by atoms with van der Waals surface area (Å²) in [5.41, 5.74) is -0.107. The fourth-order valence-corrected chi connectivity index (χ4v) is 2.60. The molecule has 0 bridgehead atoms. The van der Waals surface area contributed by atoms with E-state index in [1.54, 1.807) is 6.92 Å². The van der Waals surface area contributed by atoms with Gasteiger partial charge >= 0.3 is 11.9 Å². The number of nitrogens with zero attached hydrogens (tertiary/aromatic N) is 4. The van der Waals surface area contributed by atoms with E-state index in [1.807, 2.05) is 0 Å². The van der Waals surface area contributed by atoms with Gasteiger partial charge in [0.15, 0.2) is 0 Å². The number of carbonyl (C=O) groups excluding carboxylic acids is 1. The van der Waals surface area contributed by atoms with E-state index in [2.05, 4.69) is 20.0 Å². The molecule has 1 aromatic rings. The highest BCUT2D eigenvalue weighted by atomic mass is 32.2. The Hall–Kier alpha value is -2.23. The average Bonchev–Trinajstić information content (AvgIpc) is 2.45. The number of ether oxygens (including phenoxy) is 1. The van der Waals surface area contributed by atoms with E-state index < -0.39 is 22.7 Å². The van der Waals surface area contributed by atoms with Gasteiger partial charge in [0.1, 0.15) is 10.9 Å². The normalized spacial score (nSPS) is 16.9. The van der Waals surface area contributed by atoms with E-state index in [4.69, 9.17) is 5.11 Å². The maximum absolute atomic E-state index is 12.1. The Kier molecular flexibility index (Phi) is 4.36. The molecule has 10 heteroatoms. The van der Waals surface area contributed by atoms with Crippen LogP contribution in [0.25, 0.3) is 0 Å². The molecule has 0 radical (unpaired) electrons. The van der Waals surface area contributed by atoms with Crippen LogP contribution in [0.5, 0.6) is 0 Å². The maximum atomic E-state index is 12.1. The van der Waals surface area contributed by atoms with Crippen molar-refractivity contribution in [2.45, 2.75) is 30.2 Å². The van der Waals surface area contributed by atoms with Gasteiger partial charge in [-0.05, 0) is 6.92 Å². The Morgan fingerprint density at radius 2 is 2.14 bits per heavy atom. The summed E-state index contributed by atoms with van der Waals surface area (Å²) in [4.78, 5) is 34.3. The van der Waals surface area contributed by atoms with Crippen molar-refractivity contribution in [3.63, 3.8) is 0 Å². The Morgan fingerprint density at radius 1 is 1.43 bits per heavy atom. The lowest BCUT2D eigenvalue weighted by atomic mass is 10.2. The highest BCUT2D eigenvalue weighted by Crippen LogP contribution is 2.26. The number of fused-ring (bicyclic) bond motifs is 1. The lowest BCUT2D eigenvalue weighted by Gasteiger charge is -2.19. The summed E-state index contributed by atoms with van der Waals surface area (Å²) in [7, 11) is 1.26. The maximum Gasteiger partial charge on any atom is 0.325 e. The predicted molar refractivity (Wildman–Crippen MR) is 72.4 cm³/mol. The summed E-state index contributed by atoms with van der Waals surface area (Å²) in [6.45, 7) is 1.60. The van der Waals surface area contributed by atoms with Crippen molar-refractivity contribution < 1.29 is 19.4 Å². The first-order valence-electron chi connectivity index (χ1n) is 5.94. The highest BCUT2D eigenvalue weighted by molar-refractivity contribution is 8.01. The van der Waals surface area contributed by atoms with Crippen molar-refractivity contribution in [1.29, 1.82) is 0 Å². The summed E-state index contributed by atoms with van der Waals surface area (Å²) in [5.74, 6) is -1.52. The fraction of sp³-hybridized carbons (Fsp3) is 0.455. The number of methoxy groups -OCH3 is 1. The molecule has 0 saturated carbocycles. The first kappa shape index (κ1) is 15.2. The van der Waals surface area contributed by atoms with Gasteiger partial charge in [-0.15, -0.1) is 10.2 Å². The molecule has 0 aromatic carbocycles. The van der Waals surface area contributed by atoms with Crippen molar-refractivity contribution in [2.75, 3.05) is 7.11 Å². The number of thioether (sulfide) groups is 1. The molecule has 1 N–H and O–H groups in total. The molecule has 0 spiro atoms. The molecule has 112 valence electrons. The van der Waals surface area contributed by atoms with Crippen LogP contribution >= 0.6 is 11.8 Å². The van der Waals surface area contributed by atoms with Crippen molar-refractivity contribution in [3.8, 4) is 0 Å². The summed E-state index contributed by atoms with van der Waals surface area (Å²) in [6, 6.07) is 0. The highest BCUT2D eigenvalue weighted by Gasteiger charge is 2.31. The molecule has 1 aliphatic heterocycles. The van der Waals surface area contributed by atoms with Gasteiger partial charge in [0.05, 0.1) is 19.2 Å². The number of hydrogen-bond donors (Lipinski definition) is 1. The van der Waals surface area contributed by atoms with Gasteiger partial charge in [0, 0.05) is 6.42 Å². The molecule has 0 fully saturated rings. The number of carboxylic acid groups (broad SMARTS) is 1. The van der Waals surface area contributed by atoms with Gasteiger partial charge < -0.3 is 9.84 Å². The van der Waals surface area contributed by atoms with Crippen LogP contribution in [0, 0.1) is 0 Å². The zero-order valence-corrected chi connectivity index (χ0v) is 12.1. The third-order valence-corrected chi connectivity index (χ3v) is 3.96. The number of aryl methyl sites for hydroxylation is 1. The largest absolute Gasteiger partial charge is 0.481 e. The monoisotopic (exact) mass is 312 g/mol. The second-order valence-corrected chi connectivity index (χ2v) is 5.27. The lowest BCUT2D eigenvalue weighted by Crippen LogP contribution is -2.35. The quantitative estimate of drug-likeness (QED) is 0.740. The Labute approximate surface area is 123 Å². The summed E-state index contributed by atoms with van der Waals surface area (Å²) >= 11 is 1.01. The Balaban J connectivity index is 2.36. The fourth-order valence-electron chi connectivity index (χ4n) is 1.67. The van der Waals surface area contributed by atoms with Crippen LogP contribution in [0.1, 0.15) is 19.0 Å². The molecule has 2 rings (SSSR count). The van der Waals surface area contributed by atoms with E-state index in [0.29, 0.717) is 5.71 Å². The minimum atomic E-state index is -1.03. The third-order valence-electron chi connectivity index (χ3n) is 2.73. The predicted octanol–water partition coefficient (Wildman–Crippen LogP) is -0.473. The van der Waals surface area contributed by atoms with Crippen LogP contribution in [0.2, 0.25) is 0 Å². The lowest BCUT2D eigenvalue weighted by molar-refractivity contribution is -0.139. The number of rotatable bonds is 4. The van der Waals surface area contributed by atoms with Crippen LogP contribution in [-0.4, -0.2) is 50.0 Å². The SMILES string of the molecule is COC(=O)C1Sc2nnc(CCC(=O)O)c(=O)n2N=C1C. The number of esters is 1. The molecular weight excluding hydrogens is 300 g/mol. The van der Waals surface area contributed by atoms with Gasteiger partial charge in [-0.2, -0.15) is 9.78 Å². The molecule has 2 heterocycles. The molecule has 1 atom stereocenters. The molecule has 0 amide bonds. The summed E-state index contributed by atoms with van der Waals surface area (Å²) in [5, 5.41) is 19.7. The van der Waals surface area contributed by atoms with E-state index in [0.717, 1.165) is 16.4 Å². The molecular formula is C11H12N4O5S. The molecule has 1 aromatic heterocycles. The standard InChI is InChI=1S/C11H12N4O5S/c1-5-8(10(19)20-2)21-11-13-12-6(3-4-7(16)17)9(18)15(11)14-5/h8H,3-4H2,1-2H3,(H,16,17). The average molecular weight is 312 g/mol. The molecule has 1 unspecified atom stereocenters. The zero-order chi connectivity index (χ0) is 15.6. The minimum Gasteiger partial charge on any atom is -0.481 e. The van der Waals surface area contributed by atoms with Crippen LogP contribution in [-0.2, 0) is 20.7 Å². The summed E-state index contributed by atoms with van der Waals surface area (Å²) in [6.07, 6.45) is -0.245. The van der Waals surface area contributed by atoms with Crippen molar-refractivity contribution in [2.24, 2.45) is 5.10 Å². The van der Waals surface area contributed by atoms with E-state index in [9.17, 15) is 14.4 Å². The van der Waals surface area contributed by atoms with E-state index in [-0.39, 0.29) is 23.7 Å². The Bertz CT molecular complexity index is 684. The first-order valence-corrected chi connectivity index (χ1v) is 6.82. The first-order chi connectivity index (χ1) is 9.93. The smallest absolute Gasteiger partial charge is 0.325 e. The van der Waals surface area contributed by atoms with Crippen molar-refractivity contribution in [1.82, 2.24) is 14.9 Å². The third kappa shape index (κ3) is 3.10. The zero-order valence-electron chi connectivity index (χ0n) is 11.3. The van der Waals surface area contributed by atoms with Gasteiger partial charge in [0.2, 0.25) is 5.16 Å². The second kappa shape index (κ2) is 6.04. The number of carboxylic acids is 1. The molecule has 0 aliphatic carbocycles. The second-order valence-electron chi connectivity index (χ2n) is 4.20. The van der Waals surface area contributed by atoms with E-state index >= 15 is 0 Å². The molecule has 0 saturated heterocycles. The van der Waals surface area contributed by atoms with Crippen molar-refractivity contribution >= 4 is 29.4 Å². The van der Waals surface area contributed by atoms with Crippen LogP contribution in [0.3, 0.4) is 0 Å². The van der Waals surface area contributed by atoms with Crippen LogP contribution in [0.15, 0.2) is 15.1 Å². The molecule has 9 nitrogen and oxygen atoms in total. The van der Waals surface area contributed by atoms with Gasteiger partial charge in [-0.3, -0.25) is 14.4 Å². The number of aromatic nitrogens is 3. The summed E-state index contributed by atoms with van der Waals surface area (Å²) < 4.78 is 5.68. The Morgan fingerprint density at radius 3 is 2.76 bits per heavy atom. The van der Waals surface area contributed by atoms with Crippen LogP contribution in [0.4, 0.5) is 0 Å². The molecule has 21 heavy (non-hydrogen) atoms. The number of aliphatic carboxylic acids is 1. The topological polar surface area (TPSA) is 124 Å². The van der Waals surface area contributed by atoms with Gasteiger partial charge in [-0.1, -0.05) is 11.8 Å². The van der Waals surface area contributed by atoms with Crippen LogP contribution < -0.4 is 5.56 Å². The van der Waals surface area contributed by atoms with Crippen molar-refractivity contribution in [3.05, 3.63) is 16.0 Å². The van der Waals surface area contributed by atoms with Gasteiger partial charge in [-0.25, -0.2) is 0 Å². The number of hydrogen-bond acceptors (Lipinski definition) is 8. The van der Waals surface area contributed by atoms with E-state index in [1.165, 1.54) is 7.11 Å². The minimum absolute atomic E-state index is 0.0230. The number of carbonyl (C=O) groups is 2.